The first-order chi connectivity index (χ1) is 9.92. The summed E-state index contributed by atoms with van der Waals surface area (Å²) in [5.41, 5.74) is 0.813. The highest BCUT2D eigenvalue weighted by atomic mass is 32.2. The van der Waals surface area contributed by atoms with E-state index in [0.29, 0.717) is 11.3 Å². The maximum atomic E-state index is 13.5. The number of hydrogen-bond acceptors (Lipinski definition) is 3. The highest BCUT2D eigenvalue weighted by molar-refractivity contribution is 7.89. The van der Waals surface area contributed by atoms with E-state index in [4.69, 9.17) is 0 Å². The maximum absolute atomic E-state index is 13.5. The molecule has 4 nitrogen and oxygen atoms in total. The van der Waals surface area contributed by atoms with Gasteiger partial charge >= 0.3 is 0 Å². The molecule has 0 atom stereocenters. The minimum absolute atomic E-state index is 0.106. The molecular weight excluding hydrogens is 298 g/mol. The number of nitrogens with one attached hydrogen (secondary N) is 2. The number of benzene rings is 2. The fraction of sp³-hybridized carbons (Fsp3) is 0.143. The molecule has 0 saturated carbocycles. The second-order valence-electron chi connectivity index (χ2n) is 4.32. The Morgan fingerprint density at radius 1 is 1.10 bits per heavy atom. The molecule has 2 aromatic rings. The van der Waals surface area contributed by atoms with Crippen molar-refractivity contribution in [1.82, 2.24) is 4.72 Å². The Labute approximate surface area is 121 Å². The number of halogens is 2. The number of rotatable bonds is 5. The molecule has 0 unspecified atom stereocenters. The Kier molecular flexibility index (Phi) is 4.54. The number of hydrogen-bond donors (Lipinski definition) is 2. The van der Waals surface area contributed by atoms with Crippen molar-refractivity contribution >= 4 is 15.7 Å². The molecule has 0 fully saturated rings. The Balaban J connectivity index is 2.16. The van der Waals surface area contributed by atoms with E-state index in [2.05, 4.69) is 10.0 Å². The van der Waals surface area contributed by atoms with Crippen molar-refractivity contribution in [1.29, 1.82) is 0 Å². The zero-order valence-electron chi connectivity index (χ0n) is 11.2. The molecule has 0 aliphatic carbocycles. The summed E-state index contributed by atoms with van der Waals surface area (Å²) in [7, 11) is -2.21. The Morgan fingerprint density at radius 3 is 2.52 bits per heavy atom. The van der Waals surface area contributed by atoms with Crippen LogP contribution in [-0.2, 0) is 16.6 Å². The van der Waals surface area contributed by atoms with Crippen LogP contribution in [0.2, 0.25) is 0 Å². The fourth-order valence-electron chi connectivity index (χ4n) is 1.75. The number of sulfonamides is 1. The van der Waals surface area contributed by atoms with Crippen LogP contribution in [0.4, 0.5) is 14.5 Å². The Morgan fingerprint density at radius 2 is 1.86 bits per heavy atom. The van der Waals surface area contributed by atoms with Gasteiger partial charge in [0.2, 0.25) is 10.0 Å². The molecule has 0 amide bonds. The lowest BCUT2D eigenvalue weighted by molar-refractivity contribution is 0.574. The van der Waals surface area contributed by atoms with E-state index in [1.54, 1.807) is 12.1 Å². The smallest absolute Gasteiger partial charge is 0.240 e. The third-order valence-electron chi connectivity index (χ3n) is 2.91. The quantitative estimate of drug-likeness (QED) is 0.892. The second-order valence-corrected chi connectivity index (χ2v) is 6.21. The molecule has 0 saturated heterocycles. The van der Waals surface area contributed by atoms with Crippen molar-refractivity contribution in [2.75, 3.05) is 12.4 Å². The zero-order valence-corrected chi connectivity index (χ0v) is 12.0. The van der Waals surface area contributed by atoms with Gasteiger partial charge in [-0.1, -0.05) is 12.1 Å². The lowest BCUT2D eigenvalue weighted by atomic mass is 10.2. The van der Waals surface area contributed by atoms with Crippen LogP contribution < -0.4 is 10.0 Å². The van der Waals surface area contributed by atoms with Gasteiger partial charge in [0.1, 0.15) is 11.6 Å². The summed E-state index contributed by atoms with van der Waals surface area (Å²) in [6.45, 7) is 0.120. The van der Waals surface area contributed by atoms with Gasteiger partial charge in [-0.15, -0.1) is 0 Å². The van der Waals surface area contributed by atoms with Gasteiger partial charge in [0.05, 0.1) is 4.90 Å². The first-order valence-electron chi connectivity index (χ1n) is 6.14. The minimum Gasteiger partial charge on any atom is -0.381 e. The van der Waals surface area contributed by atoms with Crippen LogP contribution in [0.3, 0.4) is 0 Å². The zero-order chi connectivity index (χ0) is 15.5. The van der Waals surface area contributed by atoms with Crippen molar-refractivity contribution in [2.24, 2.45) is 0 Å². The number of anilines is 1. The van der Waals surface area contributed by atoms with Crippen LogP contribution in [-0.4, -0.2) is 15.5 Å². The van der Waals surface area contributed by atoms with Crippen LogP contribution in [0.15, 0.2) is 47.4 Å². The minimum atomic E-state index is -3.53. The largest absolute Gasteiger partial charge is 0.381 e. The van der Waals surface area contributed by atoms with E-state index >= 15 is 0 Å². The van der Waals surface area contributed by atoms with Gasteiger partial charge in [-0.3, -0.25) is 0 Å². The monoisotopic (exact) mass is 312 g/mol. The van der Waals surface area contributed by atoms with Crippen molar-refractivity contribution in [3.63, 3.8) is 0 Å². The molecule has 112 valence electrons. The van der Waals surface area contributed by atoms with E-state index in [-0.39, 0.29) is 11.4 Å². The molecule has 2 rings (SSSR count). The van der Waals surface area contributed by atoms with Gasteiger partial charge < -0.3 is 5.32 Å². The summed E-state index contributed by atoms with van der Waals surface area (Å²) in [6, 6.07) is 9.44. The van der Waals surface area contributed by atoms with Gasteiger partial charge in [0.25, 0.3) is 0 Å². The van der Waals surface area contributed by atoms with Gasteiger partial charge in [-0.25, -0.2) is 21.9 Å². The Hall–Kier alpha value is -1.99. The predicted octanol–water partition coefficient (Wildman–Crippen LogP) is 2.49. The van der Waals surface area contributed by atoms with Crippen molar-refractivity contribution in [3.05, 3.63) is 59.7 Å². The molecule has 2 N–H and O–H groups in total. The van der Waals surface area contributed by atoms with Gasteiger partial charge in [0, 0.05) is 23.9 Å². The summed E-state index contributed by atoms with van der Waals surface area (Å²) in [4.78, 5) is 0.106. The van der Waals surface area contributed by atoms with Gasteiger partial charge in [-0.05, 0) is 31.3 Å². The third kappa shape index (κ3) is 3.77. The summed E-state index contributed by atoms with van der Waals surface area (Å²) < 4.78 is 51.9. The molecule has 0 aromatic heterocycles. The molecule has 0 spiro atoms. The molecular formula is C14H14F2N2O2S. The van der Waals surface area contributed by atoms with E-state index in [9.17, 15) is 17.2 Å². The average Bonchev–Trinajstić information content (AvgIpc) is 2.46. The van der Waals surface area contributed by atoms with Crippen LogP contribution in [0, 0.1) is 11.6 Å². The average molecular weight is 312 g/mol. The molecule has 0 bridgehead atoms. The summed E-state index contributed by atoms with van der Waals surface area (Å²) in [5, 5.41) is 2.90. The first-order valence-corrected chi connectivity index (χ1v) is 7.62. The summed E-state index contributed by atoms with van der Waals surface area (Å²) >= 11 is 0. The fourth-order valence-corrected chi connectivity index (χ4v) is 2.53. The van der Waals surface area contributed by atoms with Crippen LogP contribution >= 0.6 is 0 Å². The van der Waals surface area contributed by atoms with Crippen molar-refractivity contribution in [3.8, 4) is 0 Å². The molecule has 21 heavy (non-hydrogen) atoms. The topological polar surface area (TPSA) is 58.2 Å². The van der Waals surface area contributed by atoms with Gasteiger partial charge in [0.15, 0.2) is 0 Å². The van der Waals surface area contributed by atoms with E-state index < -0.39 is 21.7 Å². The lowest BCUT2D eigenvalue weighted by Crippen LogP contribution is -2.18. The third-order valence-corrected chi connectivity index (χ3v) is 4.32. The summed E-state index contributed by atoms with van der Waals surface area (Å²) in [5.74, 6) is -1.29. The van der Waals surface area contributed by atoms with Crippen LogP contribution in [0.1, 0.15) is 5.56 Å². The maximum Gasteiger partial charge on any atom is 0.240 e. The van der Waals surface area contributed by atoms with Crippen LogP contribution in [0.25, 0.3) is 0 Å². The van der Waals surface area contributed by atoms with E-state index in [0.717, 1.165) is 6.07 Å². The molecule has 0 aliphatic heterocycles. The molecule has 0 radical (unpaired) electrons. The van der Waals surface area contributed by atoms with Crippen molar-refractivity contribution < 1.29 is 17.2 Å². The first kappa shape index (κ1) is 15.4. The molecule has 2 aromatic carbocycles. The standard InChI is InChI=1S/C14H14F2N2O2S/c1-17-21(19,20)13-4-2-3-12(8-13)18-9-10-5-6-11(15)7-14(10)16/h2-8,17-18H,9H2,1H3. The van der Waals surface area contributed by atoms with Crippen LogP contribution in [0.5, 0.6) is 0 Å². The predicted molar refractivity (Wildman–Crippen MR) is 76.4 cm³/mol. The highest BCUT2D eigenvalue weighted by Crippen LogP contribution is 2.17. The van der Waals surface area contributed by atoms with E-state index in [1.807, 2.05) is 0 Å². The lowest BCUT2D eigenvalue weighted by Gasteiger charge is -2.09. The normalized spacial score (nSPS) is 11.4. The molecule has 7 heteroatoms. The van der Waals surface area contributed by atoms with Gasteiger partial charge in [-0.2, -0.15) is 0 Å². The highest BCUT2D eigenvalue weighted by Gasteiger charge is 2.11. The van der Waals surface area contributed by atoms with Crippen molar-refractivity contribution in [2.45, 2.75) is 11.4 Å². The Bertz CT molecular complexity index is 748. The second kappa shape index (κ2) is 6.19. The molecule has 0 aliphatic rings. The molecule has 0 heterocycles. The van der Waals surface area contributed by atoms with E-state index in [1.165, 1.54) is 31.3 Å². The SMILES string of the molecule is CNS(=O)(=O)c1cccc(NCc2ccc(F)cc2F)c1. The summed E-state index contributed by atoms with van der Waals surface area (Å²) in [6.07, 6.45) is 0.